The third-order valence-electron chi connectivity index (χ3n) is 2.02. The highest BCUT2D eigenvalue weighted by atomic mass is 32.1. The number of rotatable bonds is 3. The van der Waals surface area contributed by atoms with Crippen LogP contribution in [0.5, 0.6) is 0 Å². The van der Waals surface area contributed by atoms with Gasteiger partial charge in [0, 0.05) is 17.8 Å². The van der Waals surface area contributed by atoms with Gasteiger partial charge in [-0.1, -0.05) is 6.92 Å². The van der Waals surface area contributed by atoms with Crippen molar-refractivity contribution in [2.75, 3.05) is 0 Å². The number of hydrogen-bond acceptors (Lipinski definition) is 4. The second-order valence-corrected chi connectivity index (χ2v) is 4.06. The van der Waals surface area contributed by atoms with Crippen molar-refractivity contribution in [2.45, 2.75) is 19.9 Å². The first kappa shape index (κ1) is 10.0. The van der Waals surface area contributed by atoms with Crippen LogP contribution in [0.3, 0.4) is 0 Å². The van der Waals surface area contributed by atoms with Crippen molar-refractivity contribution < 1.29 is 0 Å². The number of thiazole rings is 1. The van der Waals surface area contributed by atoms with Crippen LogP contribution in [0.1, 0.15) is 17.6 Å². The number of nitrogens with zero attached hydrogens (tertiary/aromatic N) is 3. The van der Waals surface area contributed by atoms with E-state index in [0.717, 1.165) is 17.1 Å². The van der Waals surface area contributed by atoms with Gasteiger partial charge < -0.3 is 0 Å². The molecule has 5 heteroatoms. The predicted molar refractivity (Wildman–Crippen MR) is 59.1 cm³/mol. The molecular weight excluding hydrogens is 210 g/mol. The summed E-state index contributed by atoms with van der Waals surface area (Å²) in [4.78, 5) is 19.4. The molecule has 0 amide bonds. The molecule has 0 aliphatic carbocycles. The average molecular weight is 221 g/mol. The predicted octanol–water partition coefficient (Wildman–Crippen LogP) is 1.31. The summed E-state index contributed by atoms with van der Waals surface area (Å²) in [5, 5.41) is 3.08. The second kappa shape index (κ2) is 4.35. The molecule has 0 saturated carbocycles. The number of hydrogen-bond donors (Lipinski definition) is 0. The van der Waals surface area contributed by atoms with Gasteiger partial charge in [-0.05, 0) is 12.5 Å². The Labute approximate surface area is 91.3 Å². The monoisotopic (exact) mass is 221 g/mol. The molecule has 0 atom stereocenters. The number of aromatic nitrogens is 3. The van der Waals surface area contributed by atoms with Gasteiger partial charge in [0.15, 0.2) is 0 Å². The van der Waals surface area contributed by atoms with Gasteiger partial charge in [0.25, 0.3) is 0 Å². The fraction of sp³-hybridized carbons (Fsp3) is 0.300. The molecule has 0 aliphatic rings. The topological polar surface area (TPSA) is 47.8 Å². The SMILES string of the molecule is CCc1nc(Cn2cccnc2=O)cs1. The average Bonchev–Trinajstić information content (AvgIpc) is 2.69. The van der Waals surface area contributed by atoms with Crippen LogP contribution < -0.4 is 5.69 Å². The molecule has 0 radical (unpaired) electrons. The molecule has 0 N–H and O–H groups in total. The fourth-order valence-electron chi connectivity index (χ4n) is 1.27. The Kier molecular flexibility index (Phi) is 2.91. The van der Waals surface area contributed by atoms with E-state index in [2.05, 4.69) is 16.9 Å². The maximum atomic E-state index is 11.3. The van der Waals surface area contributed by atoms with Gasteiger partial charge in [-0.25, -0.2) is 14.8 Å². The highest BCUT2D eigenvalue weighted by Gasteiger charge is 2.02. The quantitative estimate of drug-likeness (QED) is 0.785. The molecule has 4 nitrogen and oxygen atoms in total. The Morgan fingerprint density at radius 1 is 1.53 bits per heavy atom. The van der Waals surface area contributed by atoms with E-state index < -0.39 is 0 Å². The molecule has 15 heavy (non-hydrogen) atoms. The molecular formula is C10H11N3OS. The summed E-state index contributed by atoms with van der Waals surface area (Å²) in [5.41, 5.74) is 0.690. The van der Waals surface area contributed by atoms with Crippen molar-refractivity contribution in [3.8, 4) is 0 Å². The van der Waals surface area contributed by atoms with E-state index in [4.69, 9.17) is 0 Å². The van der Waals surface area contributed by atoms with Crippen LogP contribution in [-0.2, 0) is 13.0 Å². The van der Waals surface area contributed by atoms with Crippen molar-refractivity contribution in [2.24, 2.45) is 0 Å². The molecule has 78 valence electrons. The van der Waals surface area contributed by atoms with Crippen LogP contribution in [-0.4, -0.2) is 14.5 Å². The van der Waals surface area contributed by atoms with Gasteiger partial charge in [0.05, 0.1) is 17.2 Å². The molecule has 2 aromatic rings. The normalized spacial score (nSPS) is 10.5. The first-order valence-electron chi connectivity index (χ1n) is 4.74. The lowest BCUT2D eigenvalue weighted by Gasteiger charge is -1.99. The van der Waals surface area contributed by atoms with Gasteiger partial charge in [-0.3, -0.25) is 4.57 Å². The summed E-state index contributed by atoms with van der Waals surface area (Å²) in [5.74, 6) is 0. The molecule has 2 aromatic heterocycles. The maximum absolute atomic E-state index is 11.3. The van der Waals surface area contributed by atoms with Gasteiger partial charge in [-0.2, -0.15) is 0 Å². The fourth-order valence-corrected chi connectivity index (χ4v) is 2.00. The van der Waals surface area contributed by atoms with E-state index in [1.165, 1.54) is 6.20 Å². The van der Waals surface area contributed by atoms with Crippen molar-refractivity contribution in [1.29, 1.82) is 0 Å². The van der Waals surface area contributed by atoms with Crippen molar-refractivity contribution in [3.63, 3.8) is 0 Å². The van der Waals surface area contributed by atoms with Gasteiger partial charge in [0.1, 0.15) is 0 Å². The lowest BCUT2D eigenvalue weighted by molar-refractivity contribution is 0.712. The summed E-state index contributed by atoms with van der Waals surface area (Å²) in [6, 6.07) is 1.74. The van der Waals surface area contributed by atoms with Crippen molar-refractivity contribution in [3.05, 3.63) is 45.0 Å². The van der Waals surface area contributed by atoms with Crippen LogP contribution >= 0.6 is 11.3 Å². The Bertz CT molecular complexity index is 503. The van der Waals surface area contributed by atoms with Crippen LogP contribution in [0, 0.1) is 0 Å². The lowest BCUT2D eigenvalue weighted by atomic mass is 10.4. The molecule has 0 aliphatic heterocycles. The molecule has 0 fully saturated rings. The minimum atomic E-state index is -0.233. The molecule has 0 saturated heterocycles. The first-order chi connectivity index (χ1) is 7.29. The molecule has 2 heterocycles. The molecule has 0 aromatic carbocycles. The van der Waals surface area contributed by atoms with E-state index in [0.29, 0.717) is 6.54 Å². The molecule has 0 unspecified atom stereocenters. The molecule has 2 rings (SSSR count). The number of aryl methyl sites for hydroxylation is 1. The van der Waals surface area contributed by atoms with E-state index in [1.807, 2.05) is 5.38 Å². The van der Waals surface area contributed by atoms with E-state index in [-0.39, 0.29) is 5.69 Å². The highest BCUT2D eigenvalue weighted by molar-refractivity contribution is 7.09. The van der Waals surface area contributed by atoms with Gasteiger partial charge in [0.2, 0.25) is 0 Å². The zero-order valence-corrected chi connectivity index (χ0v) is 9.20. The van der Waals surface area contributed by atoms with Crippen LogP contribution in [0.25, 0.3) is 0 Å². The Balaban J connectivity index is 2.22. The minimum absolute atomic E-state index is 0.233. The standard InChI is InChI=1S/C10H11N3OS/c1-2-9-12-8(7-15-9)6-13-5-3-4-11-10(13)14/h3-5,7H,2,6H2,1H3. The first-order valence-corrected chi connectivity index (χ1v) is 5.62. The van der Waals surface area contributed by atoms with Gasteiger partial charge in [-0.15, -0.1) is 11.3 Å². The summed E-state index contributed by atoms with van der Waals surface area (Å²) >= 11 is 1.63. The van der Waals surface area contributed by atoms with Crippen LogP contribution in [0.2, 0.25) is 0 Å². The summed E-state index contributed by atoms with van der Waals surface area (Å²) < 4.78 is 1.55. The third kappa shape index (κ3) is 2.30. The molecule has 0 bridgehead atoms. The zero-order valence-electron chi connectivity index (χ0n) is 8.38. The Morgan fingerprint density at radius 3 is 3.07 bits per heavy atom. The van der Waals surface area contributed by atoms with Crippen molar-refractivity contribution in [1.82, 2.24) is 14.5 Å². The third-order valence-corrected chi connectivity index (χ3v) is 3.06. The summed E-state index contributed by atoms with van der Waals surface area (Å²) in [6.45, 7) is 2.57. The second-order valence-electron chi connectivity index (χ2n) is 3.12. The zero-order chi connectivity index (χ0) is 10.7. The highest BCUT2D eigenvalue weighted by Crippen LogP contribution is 2.10. The maximum Gasteiger partial charge on any atom is 0.347 e. The van der Waals surface area contributed by atoms with Crippen LogP contribution in [0.4, 0.5) is 0 Å². The van der Waals surface area contributed by atoms with Crippen molar-refractivity contribution >= 4 is 11.3 Å². The molecule has 0 spiro atoms. The van der Waals surface area contributed by atoms with E-state index >= 15 is 0 Å². The summed E-state index contributed by atoms with van der Waals surface area (Å²) in [7, 11) is 0. The van der Waals surface area contributed by atoms with Gasteiger partial charge >= 0.3 is 5.69 Å². The Morgan fingerprint density at radius 2 is 2.40 bits per heavy atom. The van der Waals surface area contributed by atoms with E-state index in [9.17, 15) is 4.79 Å². The van der Waals surface area contributed by atoms with E-state index in [1.54, 1.807) is 28.2 Å². The lowest BCUT2D eigenvalue weighted by Crippen LogP contribution is -2.22. The Hall–Kier alpha value is -1.49. The van der Waals surface area contributed by atoms with Crippen LogP contribution in [0.15, 0.2) is 28.6 Å². The smallest absolute Gasteiger partial charge is 0.293 e. The summed E-state index contributed by atoms with van der Waals surface area (Å²) in [6.07, 6.45) is 4.16. The largest absolute Gasteiger partial charge is 0.347 e. The minimum Gasteiger partial charge on any atom is -0.293 e.